The first-order valence-corrected chi connectivity index (χ1v) is 6.17. The Kier molecular flexibility index (Phi) is 4.35. The van der Waals surface area contributed by atoms with Gasteiger partial charge in [-0.2, -0.15) is 0 Å². The Morgan fingerprint density at radius 1 is 1.33 bits per heavy atom. The first-order chi connectivity index (χ1) is 6.88. The highest BCUT2D eigenvalue weighted by atomic mass is 79.9. The number of benzene rings is 1. The highest BCUT2D eigenvalue weighted by Gasteiger charge is 2.12. The summed E-state index contributed by atoms with van der Waals surface area (Å²) in [5.74, 6) is 0. The van der Waals surface area contributed by atoms with E-state index in [1.807, 2.05) is 0 Å². The molecule has 1 rings (SSSR count). The number of rotatable bonds is 3. The number of hydrogen-bond acceptors (Lipinski definition) is 1. The van der Waals surface area contributed by atoms with Crippen molar-refractivity contribution >= 4 is 15.9 Å². The van der Waals surface area contributed by atoms with Gasteiger partial charge in [-0.1, -0.05) is 48.8 Å². The smallest absolute Gasteiger partial charge is 0.0292 e. The number of hydrogen-bond donors (Lipinski definition) is 1. The normalized spacial score (nSPS) is 13.9. The average molecular weight is 270 g/mol. The molecule has 0 aliphatic rings. The SMILES string of the molecule is C[C@H](NCC(C)(C)C)c1cccc(Br)c1. The summed E-state index contributed by atoms with van der Waals surface area (Å²) in [5.41, 5.74) is 1.66. The Balaban J connectivity index is 2.58. The van der Waals surface area contributed by atoms with Gasteiger partial charge in [0, 0.05) is 17.1 Å². The van der Waals surface area contributed by atoms with Gasteiger partial charge in [0.25, 0.3) is 0 Å². The van der Waals surface area contributed by atoms with E-state index in [2.05, 4.69) is 73.2 Å². The summed E-state index contributed by atoms with van der Waals surface area (Å²) < 4.78 is 1.14. The lowest BCUT2D eigenvalue weighted by Gasteiger charge is -2.23. The summed E-state index contributed by atoms with van der Waals surface area (Å²) in [6.45, 7) is 9.96. The minimum atomic E-state index is 0.334. The van der Waals surface area contributed by atoms with Gasteiger partial charge in [-0.25, -0.2) is 0 Å². The highest BCUT2D eigenvalue weighted by Crippen LogP contribution is 2.19. The fourth-order valence-corrected chi connectivity index (χ4v) is 1.77. The van der Waals surface area contributed by atoms with Crippen LogP contribution in [-0.4, -0.2) is 6.54 Å². The van der Waals surface area contributed by atoms with E-state index in [9.17, 15) is 0 Å². The van der Waals surface area contributed by atoms with Gasteiger partial charge in [-0.3, -0.25) is 0 Å². The zero-order valence-corrected chi connectivity index (χ0v) is 11.6. The molecule has 0 fully saturated rings. The highest BCUT2D eigenvalue weighted by molar-refractivity contribution is 9.10. The van der Waals surface area contributed by atoms with E-state index in [1.54, 1.807) is 0 Å². The fraction of sp³-hybridized carbons (Fsp3) is 0.538. The molecule has 0 heterocycles. The van der Waals surface area contributed by atoms with Gasteiger partial charge in [-0.05, 0) is 30.0 Å². The third-order valence-electron chi connectivity index (χ3n) is 2.29. The Hall–Kier alpha value is -0.340. The second-order valence-electron chi connectivity index (χ2n) is 5.22. The van der Waals surface area contributed by atoms with E-state index < -0.39 is 0 Å². The van der Waals surface area contributed by atoms with Gasteiger partial charge in [-0.15, -0.1) is 0 Å². The van der Waals surface area contributed by atoms with Crippen LogP contribution in [0.2, 0.25) is 0 Å². The van der Waals surface area contributed by atoms with Crippen molar-refractivity contribution in [2.24, 2.45) is 5.41 Å². The van der Waals surface area contributed by atoms with Crippen LogP contribution in [0.1, 0.15) is 39.3 Å². The van der Waals surface area contributed by atoms with Crippen molar-refractivity contribution in [3.05, 3.63) is 34.3 Å². The third kappa shape index (κ3) is 4.80. The summed E-state index contributed by atoms with van der Waals surface area (Å²) in [7, 11) is 0. The quantitative estimate of drug-likeness (QED) is 0.870. The van der Waals surface area contributed by atoms with E-state index in [4.69, 9.17) is 0 Å². The third-order valence-corrected chi connectivity index (χ3v) is 2.78. The first-order valence-electron chi connectivity index (χ1n) is 5.37. The standard InChI is InChI=1S/C13H20BrN/c1-10(15-9-13(2,3)4)11-6-5-7-12(14)8-11/h5-8,10,15H,9H2,1-4H3/t10-/m0/s1. The second-order valence-corrected chi connectivity index (χ2v) is 6.13. The average Bonchev–Trinajstić information content (AvgIpc) is 2.13. The van der Waals surface area contributed by atoms with Gasteiger partial charge in [0.15, 0.2) is 0 Å². The molecule has 15 heavy (non-hydrogen) atoms. The van der Waals surface area contributed by atoms with Gasteiger partial charge in [0.05, 0.1) is 0 Å². The molecule has 84 valence electrons. The van der Waals surface area contributed by atoms with E-state index >= 15 is 0 Å². The molecule has 0 radical (unpaired) electrons. The Morgan fingerprint density at radius 3 is 2.53 bits per heavy atom. The zero-order valence-electron chi connectivity index (χ0n) is 9.97. The molecule has 1 atom stereocenters. The van der Waals surface area contributed by atoms with E-state index in [0.717, 1.165) is 11.0 Å². The predicted molar refractivity (Wildman–Crippen MR) is 70.0 cm³/mol. The van der Waals surface area contributed by atoms with Crippen LogP contribution in [0.3, 0.4) is 0 Å². The molecular formula is C13H20BrN. The van der Waals surface area contributed by atoms with E-state index in [1.165, 1.54) is 5.56 Å². The summed E-state index contributed by atoms with van der Waals surface area (Å²) in [6.07, 6.45) is 0. The molecule has 0 amide bonds. The van der Waals surface area contributed by atoms with Crippen LogP contribution in [0.15, 0.2) is 28.7 Å². The van der Waals surface area contributed by atoms with Crippen LogP contribution >= 0.6 is 15.9 Å². The maximum absolute atomic E-state index is 3.55. The largest absolute Gasteiger partial charge is 0.310 e. The van der Waals surface area contributed by atoms with Gasteiger partial charge < -0.3 is 5.32 Å². The molecule has 1 aromatic rings. The van der Waals surface area contributed by atoms with Gasteiger partial charge in [0.2, 0.25) is 0 Å². The molecule has 0 spiro atoms. The zero-order chi connectivity index (χ0) is 11.5. The molecular weight excluding hydrogens is 250 g/mol. The molecule has 0 aliphatic carbocycles. The van der Waals surface area contributed by atoms with Crippen LogP contribution in [0.4, 0.5) is 0 Å². The van der Waals surface area contributed by atoms with Gasteiger partial charge in [0.1, 0.15) is 0 Å². The van der Waals surface area contributed by atoms with Crippen LogP contribution < -0.4 is 5.32 Å². The molecule has 0 bridgehead atoms. The number of halogens is 1. The number of nitrogens with one attached hydrogen (secondary N) is 1. The molecule has 1 N–H and O–H groups in total. The van der Waals surface area contributed by atoms with Gasteiger partial charge >= 0.3 is 0 Å². The lowest BCUT2D eigenvalue weighted by molar-refractivity contribution is 0.359. The Bertz CT molecular complexity index is 315. The predicted octanol–water partition coefficient (Wildman–Crippen LogP) is 4.15. The van der Waals surface area contributed by atoms with Crippen molar-refractivity contribution < 1.29 is 0 Å². The Labute approximate surface area is 101 Å². The van der Waals surface area contributed by atoms with E-state index in [-0.39, 0.29) is 0 Å². The maximum atomic E-state index is 3.55. The molecule has 1 aromatic carbocycles. The van der Waals surface area contributed by atoms with Crippen molar-refractivity contribution in [2.75, 3.05) is 6.54 Å². The minimum absolute atomic E-state index is 0.334. The lowest BCUT2D eigenvalue weighted by Crippen LogP contribution is -2.29. The first kappa shape index (κ1) is 12.7. The van der Waals surface area contributed by atoms with Crippen LogP contribution in [0, 0.1) is 5.41 Å². The summed E-state index contributed by atoms with van der Waals surface area (Å²) in [4.78, 5) is 0. The van der Waals surface area contributed by atoms with Crippen molar-refractivity contribution in [1.82, 2.24) is 5.32 Å². The molecule has 1 nitrogen and oxygen atoms in total. The van der Waals surface area contributed by atoms with E-state index in [0.29, 0.717) is 11.5 Å². The molecule has 0 saturated heterocycles. The fourth-order valence-electron chi connectivity index (χ4n) is 1.35. The summed E-state index contributed by atoms with van der Waals surface area (Å²) in [6, 6.07) is 8.86. The van der Waals surface area contributed by atoms with Crippen molar-refractivity contribution in [1.29, 1.82) is 0 Å². The molecule has 0 unspecified atom stereocenters. The summed E-state index contributed by atoms with van der Waals surface area (Å²) >= 11 is 3.49. The topological polar surface area (TPSA) is 12.0 Å². The molecule has 2 heteroatoms. The minimum Gasteiger partial charge on any atom is -0.310 e. The molecule has 0 saturated carbocycles. The lowest BCUT2D eigenvalue weighted by atomic mass is 9.96. The van der Waals surface area contributed by atoms with Crippen molar-refractivity contribution in [3.63, 3.8) is 0 Å². The van der Waals surface area contributed by atoms with Crippen molar-refractivity contribution in [2.45, 2.75) is 33.7 Å². The van der Waals surface area contributed by atoms with Crippen LogP contribution in [0.25, 0.3) is 0 Å². The molecule has 0 aromatic heterocycles. The van der Waals surface area contributed by atoms with Crippen molar-refractivity contribution in [3.8, 4) is 0 Å². The molecule has 0 aliphatic heterocycles. The van der Waals surface area contributed by atoms with Crippen LogP contribution in [0.5, 0.6) is 0 Å². The Morgan fingerprint density at radius 2 is 2.00 bits per heavy atom. The summed E-state index contributed by atoms with van der Waals surface area (Å²) in [5, 5.41) is 3.55. The van der Waals surface area contributed by atoms with Crippen LogP contribution in [-0.2, 0) is 0 Å². The second kappa shape index (κ2) is 5.13. The monoisotopic (exact) mass is 269 g/mol. The maximum Gasteiger partial charge on any atom is 0.0292 e.